The molecule has 1 aliphatic rings. The molecule has 4 amide bonds. The summed E-state index contributed by atoms with van der Waals surface area (Å²) in [4.78, 5) is 26.9. The Morgan fingerprint density at radius 3 is 2.44 bits per heavy atom. The minimum Gasteiger partial charge on any atom is -0.380 e. The molecule has 34 heavy (non-hydrogen) atoms. The highest BCUT2D eigenvalue weighted by Gasteiger charge is 2.23. The van der Waals surface area contributed by atoms with Crippen molar-refractivity contribution in [3.63, 3.8) is 0 Å². The van der Waals surface area contributed by atoms with E-state index in [1.54, 1.807) is 12.0 Å². The molecule has 1 aliphatic heterocycles. The van der Waals surface area contributed by atoms with E-state index in [4.69, 9.17) is 4.74 Å². The molecule has 0 atom stereocenters. The zero-order valence-corrected chi connectivity index (χ0v) is 18.9. The molecule has 0 unspecified atom stereocenters. The van der Waals surface area contributed by atoms with Crippen molar-refractivity contribution in [3.8, 4) is 0 Å². The molecule has 176 valence electrons. The molecule has 1 heterocycles. The van der Waals surface area contributed by atoms with Gasteiger partial charge in [-0.2, -0.15) is 0 Å². The standard InChI is InChI=1S/C26H27FN4O3/c1-34-17-19-7-5-18(6-8-19)15-28-26(33)31-14-13-23-20(16-31)3-2-4-24(23)30-25(32)29-22-11-9-21(27)10-12-22/h2-12H,13-17H2,1H3,(H,28,33)(H2,29,30,32). The quantitative estimate of drug-likeness (QED) is 0.488. The second-order valence-corrected chi connectivity index (χ2v) is 8.11. The maximum atomic E-state index is 13.1. The number of hydrogen-bond acceptors (Lipinski definition) is 3. The number of benzene rings is 3. The first-order valence-electron chi connectivity index (χ1n) is 11.1. The zero-order valence-electron chi connectivity index (χ0n) is 18.9. The predicted molar refractivity (Wildman–Crippen MR) is 129 cm³/mol. The van der Waals surface area contributed by atoms with E-state index in [0.29, 0.717) is 44.0 Å². The maximum Gasteiger partial charge on any atom is 0.323 e. The van der Waals surface area contributed by atoms with Gasteiger partial charge in [-0.05, 0) is 59.0 Å². The van der Waals surface area contributed by atoms with E-state index in [1.807, 2.05) is 42.5 Å². The summed E-state index contributed by atoms with van der Waals surface area (Å²) < 4.78 is 18.2. The molecule has 0 spiro atoms. The largest absolute Gasteiger partial charge is 0.380 e. The Morgan fingerprint density at radius 1 is 0.971 bits per heavy atom. The van der Waals surface area contributed by atoms with Crippen LogP contribution in [0.25, 0.3) is 0 Å². The van der Waals surface area contributed by atoms with E-state index < -0.39 is 6.03 Å². The first-order chi connectivity index (χ1) is 16.5. The van der Waals surface area contributed by atoms with Crippen LogP contribution < -0.4 is 16.0 Å². The minimum atomic E-state index is -0.406. The minimum absolute atomic E-state index is 0.126. The van der Waals surface area contributed by atoms with Crippen LogP contribution in [0, 0.1) is 5.82 Å². The SMILES string of the molecule is COCc1ccc(CNC(=O)N2CCc3c(cccc3NC(=O)Nc3ccc(F)cc3)C2)cc1. The van der Waals surface area contributed by atoms with Gasteiger partial charge in [0, 0.05) is 38.1 Å². The lowest BCUT2D eigenvalue weighted by molar-refractivity contribution is 0.185. The average molecular weight is 463 g/mol. The van der Waals surface area contributed by atoms with Crippen molar-refractivity contribution >= 4 is 23.4 Å². The Kier molecular flexibility index (Phi) is 7.39. The molecule has 0 fully saturated rings. The normalized spacial score (nSPS) is 12.6. The molecule has 0 bridgehead atoms. The van der Waals surface area contributed by atoms with Crippen molar-refractivity contribution in [2.45, 2.75) is 26.1 Å². The highest BCUT2D eigenvalue weighted by molar-refractivity contribution is 6.00. The molecule has 7 nitrogen and oxygen atoms in total. The van der Waals surface area contributed by atoms with Crippen molar-refractivity contribution in [1.29, 1.82) is 0 Å². The summed E-state index contributed by atoms with van der Waals surface area (Å²) in [7, 11) is 1.66. The van der Waals surface area contributed by atoms with Gasteiger partial charge < -0.3 is 25.6 Å². The summed E-state index contributed by atoms with van der Waals surface area (Å²) in [6, 6.07) is 18.6. The van der Waals surface area contributed by atoms with E-state index in [-0.39, 0.29) is 11.8 Å². The van der Waals surface area contributed by atoms with Crippen molar-refractivity contribution in [2.75, 3.05) is 24.3 Å². The third-order valence-electron chi connectivity index (χ3n) is 5.68. The number of nitrogens with one attached hydrogen (secondary N) is 3. The molecule has 3 aromatic rings. The predicted octanol–water partition coefficient (Wildman–Crippen LogP) is 4.88. The number of carbonyl (C=O) groups is 2. The van der Waals surface area contributed by atoms with Gasteiger partial charge in [0.1, 0.15) is 5.82 Å². The molecule has 8 heteroatoms. The Morgan fingerprint density at radius 2 is 1.71 bits per heavy atom. The number of rotatable bonds is 6. The lowest BCUT2D eigenvalue weighted by Crippen LogP contribution is -2.42. The lowest BCUT2D eigenvalue weighted by Gasteiger charge is -2.30. The van der Waals surface area contributed by atoms with Crippen LogP contribution in [-0.2, 0) is 30.9 Å². The van der Waals surface area contributed by atoms with Crippen LogP contribution >= 0.6 is 0 Å². The van der Waals surface area contributed by atoms with Crippen molar-refractivity contribution in [3.05, 3.63) is 94.8 Å². The van der Waals surface area contributed by atoms with Gasteiger partial charge in [0.15, 0.2) is 0 Å². The number of amides is 4. The smallest absolute Gasteiger partial charge is 0.323 e. The summed E-state index contributed by atoms with van der Waals surface area (Å²) in [6.45, 7) is 2.01. The van der Waals surface area contributed by atoms with E-state index >= 15 is 0 Å². The van der Waals surface area contributed by atoms with Crippen LogP contribution in [0.4, 0.5) is 25.4 Å². The number of fused-ring (bicyclic) bond motifs is 1. The molecule has 0 saturated heterocycles. The molecular formula is C26H27FN4O3. The van der Waals surface area contributed by atoms with Gasteiger partial charge in [-0.3, -0.25) is 0 Å². The van der Waals surface area contributed by atoms with Gasteiger partial charge in [0.25, 0.3) is 0 Å². The van der Waals surface area contributed by atoms with Crippen LogP contribution in [-0.4, -0.2) is 30.6 Å². The van der Waals surface area contributed by atoms with Gasteiger partial charge >= 0.3 is 12.1 Å². The zero-order chi connectivity index (χ0) is 23.9. The van der Waals surface area contributed by atoms with Crippen LogP contribution in [0.15, 0.2) is 66.7 Å². The number of ether oxygens (including phenoxy) is 1. The average Bonchev–Trinajstić information content (AvgIpc) is 2.85. The Hall–Kier alpha value is -3.91. The number of carbonyl (C=O) groups excluding carboxylic acids is 2. The molecule has 0 aliphatic carbocycles. The number of nitrogens with zero attached hydrogens (tertiary/aromatic N) is 1. The molecule has 0 saturated carbocycles. The van der Waals surface area contributed by atoms with E-state index in [9.17, 15) is 14.0 Å². The summed E-state index contributed by atoms with van der Waals surface area (Å²) >= 11 is 0. The molecular weight excluding hydrogens is 435 g/mol. The molecule has 3 aromatic carbocycles. The molecule has 0 aromatic heterocycles. The van der Waals surface area contributed by atoms with Gasteiger partial charge in [0.05, 0.1) is 6.61 Å². The van der Waals surface area contributed by atoms with Crippen LogP contribution in [0.3, 0.4) is 0 Å². The van der Waals surface area contributed by atoms with E-state index in [0.717, 1.165) is 22.3 Å². The van der Waals surface area contributed by atoms with Crippen LogP contribution in [0.1, 0.15) is 22.3 Å². The number of methoxy groups -OCH3 is 1. The van der Waals surface area contributed by atoms with E-state index in [1.165, 1.54) is 24.3 Å². The third-order valence-corrected chi connectivity index (χ3v) is 5.68. The van der Waals surface area contributed by atoms with Crippen molar-refractivity contribution < 1.29 is 18.7 Å². The first kappa shape index (κ1) is 23.3. The summed E-state index contributed by atoms with van der Waals surface area (Å²) in [5.41, 5.74) is 5.30. The Labute approximate surface area is 197 Å². The highest BCUT2D eigenvalue weighted by atomic mass is 19.1. The van der Waals surface area contributed by atoms with Crippen LogP contribution in [0.2, 0.25) is 0 Å². The summed E-state index contributed by atoms with van der Waals surface area (Å²) in [5, 5.41) is 8.54. The Balaban J connectivity index is 1.33. The third kappa shape index (κ3) is 5.90. The fraction of sp³-hybridized carbons (Fsp3) is 0.231. The monoisotopic (exact) mass is 462 g/mol. The molecule has 3 N–H and O–H groups in total. The lowest BCUT2D eigenvalue weighted by atomic mass is 9.98. The highest BCUT2D eigenvalue weighted by Crippen LogP contribution is 2.26. The summed E-state index contributed by atoms with van der Waals surface area (Å²) in [5.74, 6) is -0.364. The second-order valence-electron chi connectivity index (χ2n) is 8.11. The van der Waals surface area contributed by atoms with Crippen molar-refractivity contribution in [1.82, 2.24) is 10.2 Å². The number of anilines is 2. The fourth-order valence-corrected chi connectivity index (χ4v) is 3.93. The van der Waals surface area contributed by atoms with Crippen LogP contribution in [0.5, 0.6) is 0 Å². The molecule has 4 rings (SSSR count). The molecule has 0 radical (unpaired) electrons. The first-order valence-corrected chi connectivity index (χ1v) is 11.1. The fourth-order valence-electron chi connectivity index (χ4n) is 3.93. The van der Waals surface area contributed by atoms with Gasteiger partial charge in [-0.15, -0.1) is 0 Å². The van der Waals surface area contributed by atoms with Gasteiger partial charge in [-0.1, -0.05) is 36.4 Å². The Bertz CT molecular complexity index is 1150. The van der Waals surface area contributed by atoms with Crippen molar-refractivity contribution in [2.24, 2.45) is 0 Å². The summed E-state index contributed by atoms with van der Waals surface area (Å²) in [6.07, 6.45) is 0.626. The number of hydrogen-bond donors (Lipinski definition) is 3. The number of urea groups is 2. The number of halogens is 1. The van der Waals surface area contributed by atoms with Gasteiger partial charge in [-0.25, -0.2) is 14.0 Å². The topological polar surface area (TPSA) is 82.7 Å². The van der Waals surface area contributed by atoms with Gasteiger partial charge in [0.2, 0.25) is 0 Å². The maximum absolute atomic E-state index is 13.1. The van der Waals surface area contributed by atoms with E-state index in [2.05, 4.69) is 16.0 Å². The second kappa shape index (κ2) is 10.8.